The molecular formula is C30H34N4O6S2. The van der Waals surface area contributed by atoms with Crippen molar-refractivity contribution in [1.82, 2.24) is 14.6 Å². The minimum Gasteiger partial charge on any atom is -0.455 e. The second kappa shape index (κ2) is 11.5. The molecule has 2 aromatic heterocycles. The van der Waals surface area contributed by atoms with E-state index in [1.54, 1.807) is 37.5 Å². The van der Waals surface area contributed by atoms with Gasteiger partial charge in [0.15, 0.2) is 0 Å². The van der Waals surface area contributed by atoms with Gasteiger partial charge in [-0.25, -0.2) is 21.1 Å². The Bertz CT molecular complexity index is 1840. The first-order valence-corrected chi connectivity index (χ1v) is 17.0. The average molecular weight is 611 g/mol. The lowest BCUT2D eigenvalue weighted by Gasteiger charge is -2.34. The molecule has 222 valence electrons. The molecule has 0 saturated carbocycles. The lowest BCUT2D eigenvalue weighted by molar-refractivity contribution is 0.0964. The van der Waals surface area contributed by atoms with Crippen LogP contribution in [0.4, 0.5) is 5.69 Å². The monoisotopic (exact) mass is 610 g/mol. The van der Waals surface area contributed by atoms with Crippen LogP contribution in [0.5, 0.6) is 0 Å². The van der Waals surface area contributed by atoms with Crippen LogP contribution in [-0.2, 0) is 25.8 Å². The number of nitrogens with zero attached hydrogens (tertiary/aromatic N) is 3. The summed E-state index contributed by atoms with van der Waals surface area (Å²) in [6.07, 6.45) is 5.49. The van der Waals surface area contributed by atoms with Crippen molar-refractivity contribution in [2.45, 2.75) is 31.4 Å². The fourth-order valence-electron chi connectivity index (χ4n) is 5.42. The lowest BCUT2D eigenvalue weighted by atomic mass is 9.89. The number of carbonyl (C=O) groups excluding carboxylic acids is 1. The SMILES string of the molecule is CNC(=O)c1c(-c2ccc(C)cc2)oc2cc(N(C)S(C)(=O)=O)c([C@@H]3CCCN(S(=O)(=O)Cc4cccnc4)C3)cc12. The van der Waals surface area contributed by atoms with Crippen molar-refractivity contribution >= 4 is 42.6 Å². The summed E-state index contributed by atoms with van der Waals surface area (Å²) >= 11 is 0. The fraction of sp³-hybridized carbons (Fsp3) is 0.333. The number of aryl methyl sites for hydroxylation is 1. The van der Waals surface area contributed by atoms with Gasteiger partial charge < -0.3 is 9.73 Å². The highest BCUT2D eigenvalue weighted by Gasteiger charge is 2.33. The van der Waals surface area contributed by atoms with Crippen LogP contribution in [0.25, 0.3) is 22.3 Å². The number of fused-ring (bicyclic) bond motifs is 1. The minimum atomic E-state index is -3.68. The number of hydrogen-bond donors (Lipinski definition) is 1. The van der Waals surface area contributed by atoms with Crippen LogP contribution in [0.1, 0.15) is 45.8 Å². The minimum absolute atomic E-state index is 0.175. The molecule has 1 saturated heterocycles. The number of furan rings is 1. The standard InChI is InChI=1S/C30H34N4O6S2/c1-20-9-11-22(12-10-20)29-28(30(35)31-2)25-15-24(26(16-27(25)40-29)33(3)41(4,36)37)23-8-6-14-34(18-23)42(38,39)19-21-7-5-13-32-17-21/h5,7,9-13,15-17,23H,6,8,14,18-19H2,1-4H3,(H,31,35)/t23-/m1/s1. The molecule has 0 unspecified atom stereocenters. The van der Waals surface area contributed by atoms with E-state index in [2.05, 4.69) is 10.3 Å². The Balaban J connectivity index is 1.64. The molecule has 1 aliphatic heterocycles. The third-order valence-corrected chi connectivity index (χ3v) is 10.7. The zero-order valence-electron chi connectivity index (χ0n) is 24.0. The summed E-state index contributed by atoms with van der Waals surface area (Å²) in [7, 11) is -4.34. The first-order valence-electron chi connectivity index (χ1n) is 13.6. The summed E-state index contributed by atoms with van der Waals surface area (Å²) in [4.78, 5) is 17.2. The molecule has 1 N–H and O–H groups in total. The predicted octanol–water partition coefficient (Wildman–Crippen LogP) is 4.27. The van der Waals surface area contributed by atoms with Crippen molar-refractivity contribution < 1.29 is 26.0 Å². The number of sulfonamides is 2. The number of piperidine rings is 1. The first-order chi connectivity index (χ1) is 19.9. The van der Waals surface area contributed by atoms with Crippen molar-refractivity contribution in [3.05, 3.63) is 83.2 Å². The molecule has 42 heavy (non-hydrogen) atoms. The van der Waals surface area contributed by atoms with Crippen molar-refractivity contribution in [1.29, 1.82) is 0 Å². The summed E-state index contributed by atoms with van der Waals surface area (Å²) < 4.78 is 61.2. The van der Waals surface area contributed by atoms with Crippen LogP contribution < -0.4 is 9.62 Å². The van der Waals surface area contributed by atoms with E-state index in [0.717, 1.165) is 11.8 Å². The Labute approximate surface area is 246 Å². The van der Waals surface area contributed by atoms with Crippen LogP contribution in [0.15, 0.2) is 65.3 Å². The molecule has 1 amide bonds. The number of nitrogens with one attached hydrogen (secondary N) is 1. The Morgan fingerprint density at radius 2 is 1.88 bits per heavy atom. The summed E-state index contributed by atoms with van der Waals surface area (Å²) in [5.41, 5.74) is 4.07. The van der Waals surface area contributed by atoms with E-state index < -0.39 is 20.0 Å². The normalized spacial score (nSPS) is 16.4. The molecule has 0 spiro atoms. The number of anilines is 1. The molecule has 0 bridgehead atoms. The molecule has 10 nitrogen and oxygen atoms in total. The number of pyridine rings is 1. The van der Waals surface area contributed by atoms with Crippen LogP contribution in [-0.4, -0.2) is 65.5 Å². The second-order valence-corrected chi connectivity index (χ2v) is 14.7. The number of aromatic nitrogens is 1. The quantitative estimate of drug-likeness (QED) is 0.315. The molecule has 1 atom stereocenters. The molecule has 0 radical (unpaired) electrons. The maximum absolute atomic E-state index is 13.4. The highest BCUT2D eigenvalue weighted by atomic mass is 32.2. The average Bonchev–Trinajstić information content (AvgIpc) is 3.34. The zero-order chi connectivity index (χ0) is 30.2. The summed E-state index contributed by atoms with van der Waals surface area (Å²) in [6, 6.07) is 14.4. The molecule has 4 aromatic rings. The Morgan fingerprint density at radius 3 is 2.52 bits per heavy atom. The highest BCUT2D eigenvalue weighted by molar-refractivity contribution is 7.92. The summed E-state index contributed by atoms with van der Waals surface area (Å²) in [6.45, 7) is 2.51. The van der Waals surface area contributed by atoms with E-state index in [-0.39, 0.29) is 24.1 Å². The number of hydrogen-bond acceptors (Lipinski definition) is 7. The van der Waals surface area contributed by atoms with Gasteiger partial charge in [-0.1, -0.05) is 35.9 Å². The second-order valence-electron chi connectivity index (χ2n) is 10.7. The van der Waals surface area contributed by atoms with E-state index in [0.29, 0.717) is 64.1 Å². The van der Waals surface area contributed by atoms with Gasteiger partial charge in [-0.3, -0.25) is 14.1 Å². The van der Waals surface area contributed by atoms with Gasteiger partial charge in [0, 0.05) is 56.6 Å². The van der Waals surface area contributed by atoms with Gasteiger partial charge in [0.05, 0.1) is 23.3 Å². The van der Waals surface area contributed by atoms with Crippen molar-refractivity contribution in [2.75, 3.05) is 37.7 Å². The zero-order valence-corrected chi connectivity index (χ0v) is 25.6. The van der Waals surface area contributed by atoms with Gasteiger partial charge in [-0.2, -0.15) is 0 Å². The van der Waals surface area contributed by atoms with E-state index in [9.17, 15) is 21.6 Å². The van der Waals surface area contributed by atoms with E-state index >= 15 is 0 Å². The molecule has 3 heterocycles. The van der Waals surface area contributed by atoms with Crippen LogP contribution in [0.3, 0.4) is 0 Å². The molecule has 1 fully saturated rings. The Hall–Kier alpha value is -3.74. The number of carbonyl (C=O) groups is 1. The maximum atomic E-state index is 13.4. The number of amides is 1. The van der Waals surface area contributed by atoms with Crippen molar-refractivity contribution in [3.8, 4) is 11.3 Å². The molecular weight excluding hydrogens is 576 g/mol. The third kappa shape index (κ3) is 5.92. The van der Waals surface area contributed by atoms with Gasteiger partial charge >= 0.3 is 0 Å². The molecule has 1 aliphatic rings. The van der Waals surface area contributed by atoms with Gasteiger partial charge in [-0.15, -0.1) is 0 Å². The predicted molar refractivity (Wildman–Crippen MR) is 163 cm³/mol. The Morgan fingerprint density at radius 1 is 1.14 bits per heavy atom. The molecule has 5 rings (SSSR count). The number of rotatable bonds is 8. The molecule has 0 aliphatic carbocycles. The first kappa shape index (κ1) is 29.7. The van der Waals surface area contributed by atoms with Gasteiger partial charge in [-0.05, 0) is 48.9 Å². The third-order valence-electron chi connectivity index (χ3n) is 7.73. The van der Waals surface area contributed by atoms with Crippen LogP contribution >= 0.6 is 0 Å². The maximum Gasteiger partial charge on any atom is 0.255 e. The smallest absolute Gasteiger partial charge is 0.255 e. The lowest BCUT2D eigenvalue weighted by Crippen LogP contribution is -2.40. The largest absolute Gasteiger partial charge is 0.455 e. The van der Waals surface area contributed by atoms with Gasteiger partial charge in [0.25, 0.3) is 5.91 Å². The van der Waals surface area contributed by atoms with E-state index in [1.165, 1.54) is 21.9 Å². The topological polar surface area (TPSA) is 130 Å². The van der Waals surface area contributed by atoms with Gasteiger partial charge in [0.2, 0.25) is 20.0 Å². The van der Waals surface area contributed by atoms with E-state index in [4.69, 9.17) is 4.42 Å². The van der Waals surface area contributed by atoms with Crippen LogP contribution in [0.2, 0.25) is 0 Å². The summed E-state index contributed by atoms with van der Waals surface area (Å²) in [5.74, 6) is -0.464. The molecule has 12 heteroatoms. The van der Waals surface area contributed by atoms with Crippen molar-refractivity contribution in [2.24, 2.45) is 0 Å². The van der Waals surface area contributed by atoms with Crippen LogP contribution in [0, 0.1) is 6.92 Å². The van der Waals surface area contributed by atoms with Crippen molar-refractivity contribution in [3.63, 3.8) is 0 Å². The molecule has 2 aromatic carbocycles. The number of benzene rings is 2. The Kier molecular flexibility index (Phi) is 8.15. The van der Waals surface area contributed by atoms with E-state index in [1.807, 2.05) is 31.2 Å². The summed E-state index contributed by atoms with van der Waals surface area (Å²) in [5, 5.41) is 3.22. The van der Waals surface area contributed by atoms with Gasteiger partial charge in [0.1, 0.15) is 11.3 Å². The highest BCUT2D eigenvalue weighted by Crippen LogP contribution is 2.42. The fourth-order valence-corrected chi connectivity index (χ4v) is 7.52.